The molecule has 1 N–H and O–H groups in total. The van der Waals surface area contributed by atoms with Gasteiger partial charge in [-0.1, -0.05) is 32.0 Å². The molecule has 0 aromatic heterocycles. The van der Waals surface area contributed by atoms with Crippen LogP contribution in [0.5, 0.6) is 0 Å². The number of hydrogen-bond donors (Lipinski definition) is 1. The number of carbonyl (C=O) groups excluding carboxylic acids is 1. The van der Waals surface area contributed by atoms with Crippen molar-refractivity contribution in [2.24, 2.45) is 0 Å². The predicted octanol–water partition coefficient (Wildman–Crippen LogP) is 3.94. The summed E-state index contributed by atoms with van der Waals surface area (Å²) in [6.07, 6.45) is -3.77. The maximum absolute atomic E-state index is 12.6. The Labute approximate surface area is 117 Å². The van der Waals surface area contributed by atoms with E-state index in [0.717, 1.165) is 24.0 Å². The minimum Gasteiger partial charge on any atom is -0.349 e. The fraction of sp³-hybridized carbons (Fsp3) is 0.533. The van der Waals surface area contributed by atoms with Gasteiger partial charge in [0.25, 0.3) is 0 Å². The highest BCUT2D eigenvalue weighted by Crippen LogP contribution is 2.30. The zero-order chi connectivity index (χ0) is 15.3. The van der Waals surface area contributed by atoms with Gasteiger partial charge in [0.1, 0.15) is 0 Å². The molecule has 1 aromatic rings. The fourth-order valence-corrected chi connectivity index (χ4v) is 2.27. The van der Waals surface area contributed by atoms with E-state index in [1.165, 1.54) is 6.92 Å². The molecule has 112 valence electrons. The van der Waals surface area contributed by atoms with Crippen molar-refractivity contribution in [1.82, 2.24) is 5.32 Å². The summed E-state index contributed by atoms with van der Waals surface area (Å²) in [6, 6.07) is 4.26. The van der Waals surface area contributed by atoms with Crippen LogP contribution in [-0.2, 0) is 17.6 Å². The van der Waals surface area contributed by atoms with E-state index in [9.17, 15) is 18.0 Å². The van der Waals surface area contributed by atoms with E-state index < -0.39 is 24.5 Å². The number of alkyl halides is 3. The fourth-order valence-electron chi connectivity index (χ4n) is 2.27. The topological polar surface area (TPSA) is 29.1 Å². The molecule has 20 heavy (non-hydrogen) atoms. The second-order valence-corrected chi connectivity index (χ2v) is 4.81. The van der Waals surface area contributed by atoms with Gasteiger partial charge in [-0.3, -0.25) is 4.79 Å². The number of nitrogens with one attached hydrogen (secondary N) is 1. The summed E-state index contributed by atoms with van der Waals surface area (Å²) in [5.74, 6) is -0.461. The Morgan fingerprint density at radius 3 is 2.25 bits per heavy atom. The normalized spacial score (nSPS) is 13.1. The van der Waals surface area contributed by atoms with Crippen LogP contribution in [0.15, 0.2) is 18.2 Å². The first-order valence-electron chi connectivity index (χ1n) is 6.72. The van der Waals surface area contributed by atoms with E-state index in [1.54, 1.807) is 12.1 Å². The van der Waals surface area contributed by atoms with E-state index in [1.807, 2.05) is 19.9 Å². The van der Waals surface area contributed by atoms with E-state index in [4.69, 9.17) is 0 Å². The lowest BCUT2D eigenvalue weighted by molar-refractivity contribution is -0.142. The van der Waals surface area contributed by atoms with Crippen molar-refractivity contribution >= 4 is 5.91 Å². The number of amides is 1. The molecule has 1 aromatic carbocycles. The molecule has 0 fully saturated rings. The number of rotatable bonds is 5. The highest BCUT2D eigenvalue weighted by molar-refractivity contribution is 5.73. The number of halogens is 3. The summed E-state index contributed by atoms with van der Waals surface area (Å²) in [5, 5.41) is 2.38. The van der Waals surface area contributed by atoms with Gasteiger partial charge in [-0.25, -0.2) is 0 Å². The molecule has 0 aliphatic carbocycles. The summed E-state index contributed by atoms with van der Waals surface area (Å²) in [5.41, 5.74) is 2.67. The third kappa shape index (κ3) is 4.87. The molecule has 1 amide bonds. The Bertz CT molecular complexity index is 469. The zero-order valence-corrected chi connectivity index (χ0v) is 12.0. The SMILES string of the molecule is CCc1ccc(C(CC(F)(F)F)NC(C)=O)cc1CC. The summed E-state index contributed by atoms with van der Waals surface area (Å²) >= 11 is 0. The number of carbonyl (C=O) groups is 1. The molecule has 0 bridgehead atoms. The third-order valence-electron chi connectivity index (χ3n) is 3.21. The summed E-state index contributed by atoms with van der Waals surface area (Å²) < 4.78 is 37.9. The molecule has 1 rings (SSSR count). The highest BCUT2D eigenvalue weighted by atomic mass is 19.4. The van der Waals surface area contributed by atoms with Crippen LogP contribution in [-0.4, -0.2) is 12.1 Å². The first-order valence-corrected chi connectivity index (χ1v) is 6.72. The Hall–Kier alpha value is -1.52. The Kier molecular flexibility index (Phi) is 5.60. The standard InChI is InChI=1S/C15H20F3NO/c1-4-11-6-7-13(8-12(11)5-2)14(19-10(3)20)9-15(16,17)18/h6-8,14H,4-5,9H2,1-3H3,(H,19,20). The molecular formula is C15H20F3NO. The minimum atomic E-state index is -4.32. The number of aryl methyl sites for hydroxylation is 2. The van der Waals surface area contributed by atoms with Crippen LogP contribution in [0.1, 0.15) is 49.9 Å². The van der Waals surface area contributed by atoms with Crippen LogP contribution in [0, 0.1) is 0 Å². The van der Waals surface area contributed by atoms with Crippen molar-refractivity contribution in [2.75, 3.05) is 0 Å². The second-order valence-electron chi connectivity index (χ2n) is 4.81. The molecule has 2 nitrogen and oxygen atoms in total. The molecule has 1 atom stereocenters. The lowest BCUT2D eigenvalue weighted by Gasteiger charge is -2.21. The molecule has 1 unspecified atom stereocenters. The Balaban J connectivity index is 3.09. The average molecular weight is 287 g/mol. The molecule has 0 aliphatic rings. The van der Waals surface area contributed by atoms with E-state index >= 15 is 0 Å². The average Bonchev–Trinajstić information content (AvgIpc) is 2.35. The van der Waals surface area contributed by atoms with E-state index in [0.29, 0.717) is 5.56 Å². The predicted molar refractivity (Wildman–Crippen MR) is 72.4 cm³/mol. The molecule has 0 radical (unpaired) electrons. The van der Waals surface area contributed by atoms with Gasteiger partial charge in [-0.15, -0.1) is 0 Å². The van der Waals surface area contributed by atoms with Crippen LogP contribution in [0.2, 0.25) is 0 Å². The summed E-state index contributed by atoms with van der Waals surface area (Å²) in [7, 11) is 0. The Morgan fingerprint density at radius 1 is 1.20 bits per heavy atom. The van der Waals surface area contributed by atoms with Gasteiger partial charge in [0.2, 0.25) is 5.91 Å². The zero-order valence-electron chi connectivity index (χ0n) is 12.0. The monoisotopic (exact) mass is 287 g/mol. The largest absolute Gasteiger partial charge is 0.391 e. The minimum absolute atomic E-state index is 0.461. The number of hydrogen-bond acceptors (Lipinski definition) is 1. The first-order chi connectivity index (χ1) is 9.26. The van der Waals surface area contributed by atoms with Crippen LogP contribution >= 0.6 is 0 Å². The molecule has 0 heterocycles. The van der Waals surface area contributed by atoms with Gasteiger partial charge in [-0.05, 0) is 29.5 Å². The van der Waals surface area contributed by atoms with Crippen LogP contribution < -0.4 is 5.32 Å². The Morgan fingerprint density at radius 2 is 1.80 bits per heavy atom. The molecule has 0 saturated heterocycles. The van der Waals surface area contributed by atoms with Crippen molar-refractivity contribution in [3.63, 3.8) is 0 Å². The van der Waals surface area contributed by atoms with Crippen molar-refractivity contribution < 1.29 is 18.0 Å². The van der Waals surface area contributed by atoms with Gasteiger partial charge in [-0.2, -0.15) is 13.2 Å². The van der Waals surface area contributed by atoms with E-state index in [2.05, 4.69) is 5.32 Å². The van der Waals surface area contributed by atoms with Crippen molar-refractivity contribution in [3.05, 3.63) is 34.9 Å². The maximum Gasteiger partial charge on any atom is 0.391 e. The van der Waals surface area contributed by atoms with Crippen LogP contribution in [0.3, 0.4) is 0 Å². The van der Waals surface area contributed by atoms with Gasteiger partial charge < -0.3 is 5.32 Å². The quantitative estimate of drug-likeness (QED) is 0.873. The van der Waals surface area contributed by atoms with Gasteiger partial charge >= 0.3 is 6.18 Å². The molecule has 0 aliphatic heterocycles. The van der Waals surface area contributed by atoms with Crippen molar-refractivity contribution in [2.45, 2.75) is 52.3 Å². The van der Waals surface area contributed by atoms with Crippen molar-refractivity contribution in [1.29, 1.82) is 0 Å². The molecule has 5 heteroatoms. The lowest BCUT2D eigenvalue weighted by Crippen LogP contribution is -2.30. The lowest BCUT2D eigenvalue weighted by atomic mass is 9.95. The summed E-state index contributed by atoms with van der Waals surface area (Å²) in [4.78, 5) is 11.1. The summed E-state index contributed by atoms with van der Waals surface area (Å²) in [6.45, 7) is 5.20. The highest BCUT2D eigenvalue weighted by Gasteiger charge is 2.33. The molecule has 0 saturated carbocycles. The number of benzene rings is 1. The molecule has 0 spiro atoms. The maximum atomic E-state index is 12.6. The van der Waals surface area contributed by atoms with Gasteiger partial charge in [0, 0.05) is 6.92 Å². The van der Waals surface area contributed by atoms with E-state index in [-0.39, 0.29) is 0 Å². The van der Waals surface area contributed by atoms with Crippen LogP contribution in [0.4, 0.5) is 13.2 Å². The third-order valence-corrected chi connectivity index (χ3v) is 3.21. The smallest absolute Gasteiger partial charge is 0.349 e. The van der Waals surface area contributed by atoms with Gasteiger partial charge in [0.05, 0.1) is 12.5 Å². The van der Waals surface area contributed by atoms with Crippen molar-refractivity contribution in [3.8, 4) is 0 Å². The van der Waals surface area contributed by atoms with Crippen LogP contribution in [0.25, 0.3) is 0 Å². The first kappa shape index (κ1) is 16.5. The van der Waals surface area contributed by atoms with Gasteiger partial charge in [0.15, 0.2) is 0 Å². The molecular weight excluding hydrogens is 267 g/mol. The second kappa shape index (κ2) is 6.77.